The average molecular weight is 261 g/mol. The molecular formula is C14H19N3S. The van der Waals surface area contributed by atoms with Gasteiger partial charge in [0.25, 0.3) is 0 Å². The summed E-state index contributed by atoms with van der Waals surface area (Å²) in [7, 11) is 0. The van der Waals surface area contributed by atoms with E-state index in [-0.39, 0.29) is 6.04 Å². The molecule has 1 atom stereocenters. The highest BCUT2D eigenvalue weighted by Crippen LogP contribution is 2.30. The normalized spacial score (nSPS) is 12.4. The van der Waals surface area contributed by atoms with Gasteiger partial charge < -0.3 is 11.1 Å². The smallest absolute Gasteiger partial charge is 0.149 e. The van der Waals surface area contributed by atoms with Gasteiger partial charge in [0.1, 0.15) is 5.82 Å². The summed E-state index contributed by atoms with van der Waals surface area (Å²) in [6.45, 7) is 8.41. The first kappa shape index (κ1) is 12.9. The zero-order chi connectivity index (χ0) is 13.3. The summed E-state index contributed by atoms with van der Waals surface area (Å²) in [6, 6.07) is 4.36. The van der Waals surface area contributed by atoms with Crippen molar-refractivity contribution < 1.29 is 0 Å². The number of nitrogens with one attached hydrogen (secondary N) is 1. The van der Waals surface area contributed by atoms with Gasteiger partial charge in [-0.15, -0.1) is 11.3 Å². The van der Waals surface area contributed by atoms with Crippen molar-refractivity contribution in [1.82, 2.24) is 4.98 Å². The third kappa shape index (κ3) is 2.48. The van der Waals surface area contributed by atoms with Crippen LogP contribution in [0.4, 0.5) is 11.5 Å². The predicted molar refractivity (Wildman–Crippen MR) is 79.2 cm³/mol. The number of rotatable bonds is 3. The third-order valence-corrected chi connectivity index (χ3v) is 4.09. The summed E-state index contributed by atoms with van der Waals surface area (Å²) in [5, 5.41) is 3.39. The topological polar surface area (TPSA) is 50.9 Å². The van der Waals surface area contributed by atoms with Crippen LogP contribution in [0, 0.1) is 20.8 Å². The molecule has 2 heterocycles. The van der Waals surface area contributed by atoms with E-state index in [4.69, 9.17) is 5.73 Å². The number of hydrogen-bond donors (Lipinski definition) is 2. The second-order valence-corrected chi connectivity index (χ2v) is 6.09. The molecule has 0 saturated carbocycles. The van der Waals surface area contributed by atoms with Crippen LogP contribution in [-0.4, -0.2) is 4.98 Å². The van der Waals surface area contributed by atoms with E-state index in [9.17, 15) is 0 Å². The lowest BCUT2D eigenvalue weighted by molar-refractivity contribution is 0.872. The number of anilines is 2. The second kappa shape index (κ2) is 4.98. The van der Waals surface area contributed by atoms with E-state index in [0.29, 0.717) is 0 Å². The Morgan fingerprint density at radius 2 is 2.06 bits per heavy atom. The van der Waals surface area contributed by atoms with Crippen molar-refractivity contribution in [3.8, 4) is 0 Å². The number of nitrogen functional groups attached to an aromatic ring is 1. The van der Waals surface area contributed by atoms with Crippen LogP contribution in [0.1, 0.15) is 33.8 Å². The highest BCUT2D eigenvalue weighted by atomic mass is 32.1. The van der Waals surface area contributed by atoms with Gasteiger partial charge in [-0.1, -0.05) is 0 Å². The summed E-state index contributed by atoms with van der Waals surface area (Å²) < 4.78 is 0. The van der Waals surface area contributed by atoms with Crippen LogP contribution in [0.25, 0.3) is 0 Å². The number of aryl methyl sites for hydroxylation is 3. The molecule has 2 aromatic rings. The van der Waals surface area contributed by atoms with Crippen molar-refractivity contribution in [2.45, 2.75) is 33.7 Å². The number of nitrogens with zero attached hydrogens (tertiary/aromatic N) is 1. The van der Waals surface area contributed by atoms with Crippen molar-refractivity contribution in [2.75, 3.05) is 11.1 Å². The molecule has 4 heteroatoms. The molecule has 0 radical (unpaired) electrons. The van der Waals surface area contributed by atoms with Crippen LogP contribution in [-0.2, 0) is 0 Å². The summed E-state index contributed by atoms with van der Waals surface area (Å²) in [5.74, 6) is 0.769. The fourth-order valence-corrected chi connectivity index (χ4v) is 3.07. The molecule has 3 N–H and O–H groups in total. The molecule has 2 aromatic heterocycles. The van der Waals surface area contributed by atoms with Gasteiger partial charge in [0.15, 0.2) is 0 Å². The molecular weight excluding hydrogens is 242 g/mol. The van der Waals surface area contributed by atoms with Crippen molar-refractivity contribution in [2.24, 2.45) is 0 Å². The van der Waals surface area contributed by atoms with E-state index < -0.39 is 0 Å². The Morgan fingerprint density at radius 1 is 1.33 bits per heavy atom. The van der Waals surface area contributed by atoms with Crippen molar-refractivity contribution in [3.05, 3.63) is 39.2 Å². The molecule has 0 aliphatic rings. The van der Waals surface area contributed by atoms with Gasteiger partial charge in [-0.05, 0) is 51.0 Å². The number of aromatic nitrogens is 1. The maximum absolute atomic E-state index is 6.03. The molecule has 0 aromatic carbocycles. The fraction of sp³-hybridized carbons (Fsp3) is 0.357. The Labute approximate surface area is 112 Å². The quantitative estimate of drug-likeness (QED) is 0.883. The molecule has 0 saturated heterocycles. The van der Waals surface area contributed by atoms with Crippen molar-refractivity contribution in [3.63, 3.8) is 0 Å². The van der Waals surface area contributed by atoms with Gasteiger partial charge in [-0.2, -0.15) is 0 Å². The Morgan fingerprint density at radius 3 is 2.67 bits per heavy atom. The minimum Gasteiger partial charge on any atom is -0.396 e. The highest BCUT2D eigenvalue weighted by molar-refractivity contribution is 7.12. The molecule has 0 aliphatic carbocycles. The fourth-order valence-electron chi connectivity index (χ4n) is 2.05. The van der Waals surface area contributed by atoms with Crippen LogP contribution < -0.4 is 11.1 Å². The van der Waals surface area contributed by atoms with Crippen LogP contribution in [0.2, 0.25) is 0 Å². The van der Waals surface area contributed by atoms with Crippen LogP contribution >= 0.6 is 11.3 Å². The Kier molecular flexibility index (Phi) is 3.57. The minimum atomic E-state index is 0.214. The number of nitrogens with two attached hydrogens (primary N) is 1. The van der Waals surface area contributed by atoms with Crippen LogP contribution in [0.5, 0.6) is 0 Å². The van der Waals surface area contributed by atoms with E-state index >= 15 is 0 Å². The van der Waals surface area contributed by atoms with Gasteiger partial charge in [-0.3, -0.25) is 0 Å². The molecule has 0 amide bonds. The lowest BCUT2D eigenvalue weighted by atomic mass is 10.1. The molecule has 0 bridgehead atoms. The standard InChI is InChI=1S/C14H19N3S/c1-8-5-6-16-14(13(8)15)17-10(3)12-7-9(2)18-11(12)4/h5-7,10H,15H2,1-4H3,(H,16,17). The zero-order valence-corrected chi connectivity index (χ0v) is 12.1. The van der Waals surface area contributed by atoms with Crippen LogP contribution in [0.3, 0.4) is 0 Å². The molecule has 0 aliphatic heterocycles. The van der Waals surface area contributed by atoms with Crippen molar-refractivity contribution in [1.29, 1.82) is 0 Å². The molecule has 96 valence electrons. The summed E-state index contributed by atoms with van der Waals surface area (Å²) in [6.07, 6.45) is 1.78. The number of thiophene rings is 1. The molecule has 3 nitrogen and oxygen atoms in total. The maximum Gasteiger partial charge on any atom is 0.149 e. The molecule has 1 unspecified atom stereocenters. The van der Waals surface area contributed by atoms with E-state index in [1.54, 1.807) is 6.20 Å². The minimum absolute atomic E-state index is 0.214. The first-order valence-electron chi connectivity index (χ1n) is 6.03. The Balaban J connectivity index is 2.24. The van der Waals surface area contributed by atoms with Crippen molar-refractivity contribution >= 4 is 22.8 Å². The number of pyridine rings is 1. The first-order valence-corrected chi connectivity index (χ1v) is 6.85. The van der Waals surface area contributed by atoms with Gasteiger partial charge in [0, 0.05) is 16.0 Å². The van der Waals surface area contributed by atoms with E-state index in [1.807, 2.05) is 24.3 Å². The van der Waals surface area contributed by atoms with E-state index in [0.717, 1.165) is 17.1 Å². The lowest BCUT2D eigenvalue weighted by Gasteiger charge is -2.16. The molecule has 0 spiro atoms. The average Bonchev–Trinajstić information content (AvgIpc) is 2.64. The van der Waals surface area contributed by atoms with Gasteiger partial charge in [0.2, 0.25) is 0 Å². The third-order valence-electron chi connectivity index (χ3n) is 3.11. The first-order chi connectivity index (χ1) is 8.49. The van der Waals surface area contributed by atoms with Gasteiger partial charge >= 0.3 is 0 Å². The second-order valence-electron chi connectivity index (χ2n) is 4.62. The lowest BCUT2D eigenvalue weighted by Crippen LogP contribution is -2.10. The largest absolute Gasteiger partial charge is 0.396 e. The maximum atomic E-state index is 6.03. The SMILES string of the molecule is Cc1cc(C(C)Nc2nccc(C)c2N)c(C)s1. The van der Waals surface area contributed by atoms with Crippen LogP contribution in [0.15, 0.2) is 18.3 Å². The molecule has 0 fully saturated rings. The van der Waals surface area contributed by atoms with Gasteiger partial charge in [0.05, 0.1) is 11.7 Å². The summed E-state index contributed by atoms with van der Waals surface area (Å²) in [4.78, 5) is 6.99. The molecule has 18 heavy (non-hydrogen) atoms. The Bertz CT molecular complexity index is 560. The summed E-state index contributed by atoms with van der Waals surface area (Å²) in [5.41, 5.74) is 9.13. The van der Waals surface area contributed by atoms with Gasteiger partial charge in [-0.25, -0.2) is 4.98 Å². The monoisotopic (exact) mass is 261 g/mol. The van der Waals surface area contributed by atoms with E-state index in [1.165, 1.54) is 15.3 Å². The molecule has 2 rings (SSSR count). The predicted octanol–water partition coefficient (Wildman–Crippen LogP) is 3.82. The Hall–Kier alpha value is -1.55. The summed E-state index contributed by atoms with van der Waals surface area (Å²) >= 11 is 1.82. The highest BCUT2D eigenvalue weighted by Gasteiger charge is 2.13. The number of hydrogen-bond acceptors (Lipinski definition) is 4. The zero-order valence-electron chi connectivity index (χ0n) is 11.2. The van der Waals surface area contributed by atoms with E-state index in [2.05, 4.69) is 37.1 Å².